The Morgan fingerprint density at radius 2 is 2.09 bits per heavy atom. The second-order valence-corrected chi connectivity index (χ2v) is 10.3. The van der Waals surface area contributed by atoms with Crippen LogP contribution in [0.3, 0.4) is 0 Å². The molecule has 3 aliphatic rings. The fourth-order valence-corrected chi connectivity index (χ4v) is 6.97. The molecule has 2 fully saturated rings. The van der Waals surface area contributed by atoms with E-state index in [0.29, 0.717) is 30.7 Å². The van der Waals surface area contributed by atoms with Gasteiger partial charge in [0.25, 0.3) is 0 Å². The van der Waals surface area contributed by atoms with Crippen molar-refractivity contribution in [3.8, 4) is 0 Å². The molecule has 6 nitrogen and oxygen atoms in total. The fraction of sp³-hybridized carbons (Fsp3) is 0.481. The number of rotatable bonds is 4. The van der Waals surface area contributed by atoms with Crippen LogP contribution in [0.25, 0.3) is 0 Å². The van der Waals surface area contributed by atoms with E-state index in [1.165, 1.54) is 6.07 Å². The van der Waals surface area contributed by atoms with Gasteiger partial charge in [0.15, 0.2) is 11.6 Å². The molecule has 34 heavy (non-hydrogen) atoms. The zero-order chi connectivity index (χ0) is 24.0. The minimum absolute atomic E-state index is 0.00158. The third-order valence-electron chi connectivity index (χ3n) is 8.47. The number of carbonyl (C=O) groups is 2. The number of benzene rings is 1. The molecule has 2 N–H and O–H groups in total. The fourth-order valence-electron chi connectivity index (χ4n) is 6.97. The highest BCUT2D eigenvalue weighted by Crippen LogP contribution is 2.63. The summed E-state index contributed by atoms with van der Waals surface area (Å²) in [7, 11) is 0. The van der Waals surface area contributed by atoms with E-state index in [4.69, 9.17) is 0 Å². The Hall–Kier alpha value is -3.09. The molecule has 1 aromatic heterocycles. The third-order valence-corrected chi connectivity index (χ3v) is 8.47. The van der Waals surface area contributed by atoms with Crippen LogP contribution in [0.4, 0.5) is 10.2 Å². The van der Waals surface area contributed by atoms with Crippen molar-refractivity contribution < 1.29 is 19.1 Å². The van der Waals surface area contributed by atoms with Gasteiger partial charge >= 0.3 is 0 Å². The van der Waals surface area contributed by atoms with Crippen molar-refractivity contribution in [3.05, 3.63) is 64.8 Å². The monoisotopic (exact) mass is 463 g/mol. The number of anilines is 1. The molecule has 3 aliphatic carbocycles. The molecule has 0 spiro atoms. The predicted molar refractivity (Wildman–Crippen MR) is 126 cm³/mol. The van der Waals surface area contributed by atoms with Gasteiger partial charge in [-0.05, 0) is 92.0 Å². The second kappa shape index (κ2) is 8.60. The summed E-state index contributed by atoms with van der Waals surface area (Å²) in [5.41, 5.74) is 2.51. The normalized spacial score (nSPS) is 31.0. The number of ketones is 1. The van der Waals surface area contributed by atoms with Gasteiger partial charge < -0.3 is 10.4 Å². The van der Waals surface area contributed by atoms with Crippen molar-refractivity contribution in [2.24, 2.45) is 23.2 Å². The van der Waals surface area contributed by atoms with E-state index in [1.54, 1.807) is 18.2 Å². The Labute approximate surface area is 198 Å². The highest BCUT2D eigenvalue weighted by Gasteiger charge is 2.60. The Kier molecular flexibility index (Phi) is 5.74. The maximum Gasteiger partial charge on any atom is 0.225 e. The lowest BCUT2D eigenvalue weighted by atomic mass is 9.54. The van der Waals surface area contributed by atoms with E-state index in [-0.39, 0.29) is 47.6 Å². The smallest absolute Gasteiger partial charge is 0.225 e. The first-order valence-corrected chi connectivity index (χ1v) is 12.1. The molecule has 0 saturated heterocycles. The van der Waals surface area contributed by atoms with Crippen molar-refractivity contribution in [2.75, 3.05) is 5.32 Å². The lowest BCUT2D eigenvalue weighted by molar-refractivity contribution is -0.127. The molecule has 2 saturated carbocycles. The summed E-state index contributed by atoms with van der Waals surface area (Å²) in [6.07, 6.45) is 4.63. The zero-order valence-corrected chi connectivity index (χ0v) is 19.6. The number of fused-ring (bicyclic) bond motifs is 5. The number of Topliss-reactive ketones (excluding diaryl/α,β-unsaturated/α-hetero) is 1. The van der Waals surface area contributed by atoms with Gasteiger partial charge in [0.05, 0.1) is 12.0 Å². The first kappa shape index (κ1) is 22.7. The molecule has 5 rings (SSSR count). The van der Waals surface area contributed by atoms with Crippen molar-refractivity contribution >= 4 is 17.5 Å². The molecule has 3 unspecified atom stereocenters. The van der Waals surface area contributed by atoms with E-state index < -0.39 is 5.41 Å². The minimum Gasteiger partial charge on any atom is -0.515 e. The number of aliphatic hydroxyl groups is 1. The minimum atomic E-state index is -0.565. The summed E-state index contributed by atoms with van der Waals surface area (Å²) in [5.74, 6) is 0.270. The van der Waals surface area contributed by atoms with Crippen LogP contribution in [-0.2, 0) is 16.0 Å². The quantitative estimate of drug-likeness (QED) is 0.489. The molecular weight excluding hydrogens is 433 g/mol. The number of allylic oxidation sites excluding steroid dienone is 1. The lowest BCUT2D eigenvalue weighted by Crippen LogP contribution is -2.44. The third kappa shape index (κ3) is 3.62. The first-order chi connectivity index (χ1) is 16.3. The Bertz CT molecular complexity index is 1160. The van der Waals surface area contributed by atoms with Crippen LogP contribution >= 0.6 is 0 Å². The molecular formula is C27H30FN3O3. The number of amides is 1. The number of halogens is 1. The maximum atomic E-state index is 14.5. The van der Waals surface area contributed by atoms with Gasteiger partial charge in [0, 0.05) is 17.4 Å². The molecule has 1 amide bonds. The van der Waals surface area contributed by atoms with Crippen LogP contribution in [0.5, 0.6) is 0 Å². The molecule has 2 aromatic rings. The number of aromatic nitrogens is 2. The van der Waals surface area contributed by atoms with Crippen molar-refractivity contribution in [1.29, 1.82) is 0 Å². The molecule has 0 aliphatic heterocycles. The van der Waals surface area contributed by atoms with E-state index in [9.17, 15) is 19.1 Å². The number of hydrogen-bond acceptors (Lipinski definition) is 5. The first-order valence-electron chi connectivity index (χ1n) is 12.1. The van der Waals surface area contributed by atoms with Crippen LogP contribution in [0.15, 0.2) is 42.2 Å². The number of hydrogen-bond donors (Lipinski definition) is 2. The van der Waals surface area contributed by atoms with Crippen molar-refractivity contribution in [3.63, 3.8) is 0 Å². The Morgan fingerprint density at radius 1 is 1.26 bits per heavy atom. The molecule has 0 radical (unpaired) electrons. The van der Waals surface area contributed by atoms with E-state index in [2.05, 4.69) is 15.5 Å². The maximum absolute atomic E-state index is 14.5. The summed E-state index contributed by atoms with van der Waals surface area (Å²) in [4.78, 5) is 26.1. The highest BCUT2D eigenvalue weighted by molar-refractivity contribution is 6.03. The number of carbonyl (C=O) groups excluding carboxylic acids is 2. The summed E-state index contributed by atoms with van der Waals surface area (Å²) < 4.78 is 14.5. The van der Waals surface area contributed by atoms with Gasteiger partial charge in [-0.1, -0.05) is 19.1 Å². The number of nitrogens with one attached hydrogen (secondary N) is 1. The summed E-state index contributed by atoms with van der Waals surface area (Å²) in [6.45, 7) is 3.84. The van der Waals surface area contributed by atoms with Crippen molar-refractivity contribution in [2.45, 2.75) is 58.3 Å². The van der Waals surface area contributed by atoms with Gasteiger partial charge in [0.2, 0.25) is 5.91 Å². The predicted octanol–water partition coefficient (Wildman–Crippen LogP) is 5.05. The molecule has 178 valence electrons. The lowest BCUT2D eigenvalue weighted by Gasteiger charge is -2.49. The van der Waals surface area contributed by atoms with Crippen LogP contribution in [-0.4, -0.2) is 27.0 Å². The standard InChI is InChI=1S/C27H30FN3O3/c1-15-6-10-23(31-30-15)29-24(33)11-9-20-21(14-32)26(34)27(2)13-12-17-16-4-3-5-22(28)18(16)7-8-19(17)25(20)27/h3-6,10,14,17,19-20,25,32H,7-9,11-13H2,1-2H3,(H,29,31,33)/b21-14-/t17?,19?,20-,25?,27+/m1/s1. The largest absolute Gasteiger partial charge is 0.515 e. The molecule has 0 bridgehead atoms. The Morgan fingerprint density at radius 3 is 2.82 bits per heavy atom. The highest BCUT2D eigenvalue weighted by atomic mass is 19.1. The molecule has 1 heterocycles. The van der Waals surface area contributed by atoms with Gasteiger partial charge in [-0.25, -0.2) is 4.39 Å². The number of nitrogens with zero attached hydrogens (tertiary/aromatic N) is 2. The van der Waals surface area contributed by atoms with Crippen molar-refractivity contribution in [1.82, 2.24) is 10.2 Å². The van der Waals surface area contributed by atoms with Gasteiger partial charge in [0.1, 0.15) is 5.82 Å². The van der Waals surface area contributed by atoms with Crippen LogP contribution in [0.1, 0.15) is 61.8 Å². The van der Waals surface area contributed by atoms with E-state index in [1.807, 2.05) is 19.9 Å². The summed E-state index contributed by atoms with van der Waals surface area (Å²) in [6, 6.07) is 8.82. The second-order valence-electron chi connectivity index (χ2n) is 10.3. The SMILES string of the molecule is Cc1ccc(NC(=O)CC[C@@H]2/C(=C/O)C(=O)[C@@]3(C)CCC4c5cccc(F)c5CCC4C23)nn1. The number of aryl methyl sites for hydroxylation is 1. The van der Waals surface area contributed by atoms with E-state index >= 15 is 0 Å². The molecule has 1 aromatic carbocycles. The van der Waals surface area contributed by atoms with Crippen LogP contribution < -0.4 is 5.32 Å². The number of aliphatic hydroxyl groups excluding tert-OH is 1. The van der Waals surface area contributed by atoms with E-state index in [0.717, 1.165) is 35.9 Å². The zero-order valence-electron chi connectivity index (χ0n) is 19.6. The average Bonchev–Trinajstić information content (AvgIpc) is 3.05. The summed E-state index contributed by atoms with van der Waals surface area (Å²) in [5, 5.41) is 20.7. The van der Waals surface area contributed by atoms with Gasteiger partial charge in [-0.15, -0.1) is 5.10 Å². The van der Waals surface area contributed by atoms with Gasteiger partial charge in [-0.2, -0.15) is 5.10 Å². The van der Waals surface area contributed by atoms with Crippen LogP contribution in [0.2, 0.25) is 0 Å². The Balaban J connectivity index is 1.40. The molecule has 7 heteroatoms. The topological polar surface area (TPSA) is 92.2 Å². The summed E-state index contributed by atoms with van der Waals surface area (Å²) >= 11 is 0. The van der Waals surface area contributed by atoms with Gasteiger partial charge in [-0.3, -0.25) is 9.59 Å². The van der Waals surface area contributed by atoms with Crippen LogP contribution in [0, 0.1) is 35.9 Å². The molecule has 5 atom stereocenters. The average molecular weight is 464 g/mol.